The molecule has 2 aromatic carbocycles. The van der Waals surface area contributed by atoms with Crippen LogP contribution < -0.4 is 10.1 Å². The number of amides is 1. The summed E-state index contributed by atoms with van der Waals surface area (Å²) in [7, 11) is 1.30. The minimum Gasteiger partial charge on any atom is -0.471 e. The Morgan fingerprint density at radius 3 is 2.77 bits per heavy atom. The van der Waals surface area contributed by atoms with Crippen LogP contribution in [-0.2, 0) is 11.5 Å². The van der Waals surface area contributed by atoms with Crippen molar-refractivity contribution in [2.24, 2.45) is 0 Å². The number of anilines is 1. The summed E-state index contributed by atoms with van der Waals surface area (Å²) in [6, 6.07) is 13.8. The third kappa shape index (κ3) is 4.66. The van der Waals surface area contributed by atoms with E-state index in [2.05, 4.69) is 10.4 Å². The van der Waals surface area contributed by atoms with Crippen LogP contribution in [0.2, 0.25) is 10.0 Å². The number of hydrogen-bond acceptors (Lipinski definition) is 6. The first-order valence-electron chi connectivity index (χ1n) is 8.98. The van der Waals surface area contributed by atoms with E-state index in [1.165, 1.54) is 23.1 Å². The number of esters is 1. The molecule has 0 aliphatic heterocycles. The third-order valence-electron chi connectivity index (χ3n) is 4.29. The van der Waals surface area contributed by atoms with E-state index in [1.807, 2.05) is 0 Å². The molecule has 1 N–H and O–H groups in total. The van der Waals surface area contributed by atoms with Crippen LogP contribution in [0.1, 0.15) is 20.2 Å². The van der Waals surface area contributed by atoms with Gasteiger partial charge in [-0.3, -0.25) is 4.79 Å². The SMILES string of the molecule is COC(=O)c1sc2cc(NC(=O)c3ccn(COc4cccc(Cl)c4)n3)ccc2c1Cl. The number of aromatic nitrogens is 2. The molecule has 10 heteroatoms. The molecule has 0 spiro atoms. The lowest BCUT2D eigenvalue weighted by atomic mass is 10.2. The zero-order chi connectivity index (χ0) is 22.0. The van der Waals surface area contributed by atoms with Crippen molar-refractivity contribution in [3.63, 3.8) is 0 Å². The Kier molecular flexibility index (Phi) is 6.13. The Morgan fingerprint density at radius 2 is 2.00 bits per heavy atom. The highest BCUT2D eigenvalue weighted by Gasteiger charge is 2.18. The van der Waals surface area contributed by atoms with Crippen LogP contribution in [-0.4, -0.2) is 28.8 Å². The first-order valence-corrected chi connectivity index (χ1v) is 10.6. The van der Waals surface area contributed by atoms with Gasteiger partial charge >= 0.3 is 5.97 Å². The monoisotopic (exact) mass is 475 g/mol. The lowest BCUT2D eigenvalue weighted by molar-refractivity contribution is 0.0606. The summed E-state index contributed by atoms with van der Waals surface area (Å²) >= 11 is 13.4. The second-order valence-corrected chi connectivity index (χ2v) is 8.24. The summed E-state index contributed by atoms with van der Waals surface area (Å²) in [5.41, 5.74) is 0.783. The van der Waals surface area contributed by atoms with E-state index >= 15 is 0 Å². The minimum atomic E-state index is -0.498. The van der Waals surface area contributed by atoms with Gasteiger partial charge < -0.3 is 14.8 Å². The van der Waals surface area contributed by atoms with E-state index in [-0.39, 0.29) is 18.3 Å². The average Bonchev–Trinajstić information content (AvgIpc) is 3.36. The van der Waals surface area contributed by atoms with Crippen LogP contribution in [0.5, 0.6) is 5.75 Å². The quantitative estimate of drug-likeness (QED) is 0.373. The van der Waals surface area contributed by atoms with Crippen molar-refractivity contribution in [1.29, 1.82) is 0 Å². The summed E-state index contributed by atoms with van der Waals surface area (Å²) in [6.45, 7) is 0.129. The molecule has 0 unspecified atom stereocenters. The molecular formula is C21H15Cl2N3O4S. The van der Waals surface area contributed by atoms with Gasteiger partial charge in [0.2, 0.25) is 0 Å². The number of hydrogen-bond donors (Lipinski definition) is 1. The van der Waals surface area contributed by atoms with Crippen LogP contribution in [0.25, 0.3) is 10.1 Å². The molecule has 0 saturated carbocycles. The maximum atomic E-state index is 12.6. The number of fused-ring (bicyclic) bond motifs is 1. The molecule has 31 heavy (non-hydrogen) atoms. The molecule has 0 fully saturated rings. The summed E-state index contributed by atoms with van der Waals surface area (Å²) < 4.78 is 12.6. The average molecular weight is 476 g/mol. The molecule has 7 nitrogen and oxygen atoms in total. The Bertz CT molecular complexity index is 1280. The lowest BCUT2D eigenvalue weighted by Crippen LogP contribution is -2.14. The van der Waals surface area contributed by atoms with Gasteiger partial charge in [-0.15, -0.1) is 11.3 Å². The highest BCUT2D eigenvalue weighted by molar-refractivity contribution is 7.21. The van der Waals surface area contributed by atoms with E-state index in [0.29, 0.717) is 31.7 Å². The Balaban J connectivity index is 1.44. The van der Waals surface area contributed by atoms with Crippen LogP contribution in [0.3, 0.4) is 0 Å². The minimum absolute atomic E-state index is 0.129. The highest BCUT2D eigenvalue weighted by atomic mass is 35.5. The van der Waals surface area contributed by atoms with Crippen molar-refractivity contribution in [1.82, 2.24) is 9.78 Å². The van der Waals surface area contributed by atoms with Gasteiger partial charge in [0.15, 0.2) is 12.4 Å². The van der Waals surface area contributed by atoms with E-state index < -0.39 is 5.97 Å². The normalized spacial score (nSPS) is 10.8. The van der Waals surface area contributed by atoms with Crippen LogP contribution in [0, 0.1) is 0 Å². The van der Waals surface area contributed by atoms with E-state index in [1.54, 1.807) is 54.7 Å². The van der Waals surface area contributed by atoms with E-state index in [9.17, 15) is 9.59 Å². The largest absolute Gasteiger partial charge is 0.471 e. The fraction of sp³-hybridized carbons (Fsp3) is 0.0952. The molecule has 0 saturated heterocycles. The van der Waals surface area contributed by atoms with Crippen LogP contribution in [0.15, 0.2) is 54.7 Å². The number of carbonyl (C=O) groups is 2. The van der Waals surface area contributed by atoms with Gasteiger partial charge in [0.1, 0.15) is 10.6 Å². The summed E-state index contributed by atoms with van der Waals surface area (Å²) in [4.78, 5) is 24.7. The number of thiophene rings is 1. The predicted molar refractivity (Wildman–Crippen MR) is 120 cm³/mol. The Hall–Kier alpha value is -3.07. The predicted octanol–water partition coefficient (Wildman–Crippen LogP) is 5.48. The molecule has 158 valence electrons. The molecule has 0 aliphatic rings. The second kappa shape index (κ2) is 8.97. The molecule has 1 amide bonds. The van der Waals surface area contributed by atoms with Gasteiger partial charge in [-0.1, -0.05) is 29.3 Å². The van der Waals surface area contributed by atoms with Crippen molar-refractivity contribution in [2.75, 3.05) is 12.4 Å². The number of nitrogens with one attached hydrogen (secondary N) is 1. The van der Waals surface area contributed by atoms with E-state index in [4.69, 9.17) is 32.7 Å². The van der Waals surface area contributed by atoms with Crippen molar-refractivity contribution in [3.8, 4) is 5.75 Å². The second-order valence-electron chi connectivity index (χ2n) is 6.37. The fourth-order valence-corrected chi connectivity index (χ4v) is 4.46. The van der Waals surface area contributed by atoms with Crippen molar-refractivity contribution < 1.29 is 19.1 Å². The summed E-state index contributed by atoms with van der Waals surface area (Å²) in [6.07, 6.45) is 1.64. The number of carbonyl (C=O) groups excluding carboxylic acids is 2. The fourth-order valence-electron chi connectivity index (χ4n) is 2.81. The molecule has 2 aromatic heterocycles. The molecule has 0 bridgehead atoms. The number of rotatable bonds is 6. The number of nitrogens with zero attached hydrogens (tertiary/aromatic N) is 2. The topological polar surface area (TPSA) is 82.5 Å². The number of halogens is 2. The van der Waals surface area contributed by atoms with E-state index in [0.717, 1.165) is 4.70 Å². The maximum absolute atomic E-state index is 12.6. The maximum Gasteiger partial charge on any atom is 0.349 e. The molecule has 0 radical (unpaired) electrons. The molecule has 0 atom stereocenters. The number of methoxy groups -OCH3 is 1. The van der Waals surface area contributed by atoms with Crippen molar-refractivity contribution in [3.05, 3.63) is 75.3 Å². The molecule has 4 rings (SSSR count). The summed E-state index contributed by atoms with van der Waals surface area (Å²) in [5.74, 6) is -0.276. The smallest absolute Gasteiger partial charge is 0.349 e. The van der Waals surface area contributed by atoms with Crippen LogP contribution >= 0.6 is 34.5 Å². The molecular weight excluding hydrogens is 461 g/mol. The van der Waals surface area contributed by atoms with Gasteiger partial charge in [0, 0.05) is 27.0 Å². The van der Waals surface area contributed by atoms with Crippen LogP contribution in [0.4, 0.5) is 5.69 Å². The summed E-state index contributed by atoms with van der Waals surface area (Å²) in [5, 5.41) is 8.64. The third-order valence-corrected chi connectivity index (χ3v) is 6.16. The van der Waals surface area contributed by atoms with Gasteiger partial charge in [0.25, 0.3) is 5.91 Å². The zero-order valence-electron chi connectivity index (χ0n) is 16.1. The highest BCUT2D eigenvalue weighted by Crippen LogP contribution is 2.37. The molecule has 4 aromatic rings. The van der Waals surface area contributed by atoms with Gasteiger partial charge in [-0.05, 0) is 42.5 Å². The lowest BCUT2D eigenvalue weighted by Gasteiger charge is -2.06. The van der Waals surface area contributed by atoms with Gasteiger partial charge in [0.05, 0.1) is 12.1 Å². The van der Waals surface area contributed by atoms with Gasteiger partial charge in [-0.2, -0.15) is 5.10 Å². The van der Waals surface area contributed by atoms with Gasteiger partial charge in [-0.25, -0.2) is 9.48 Å². The number of benzene rings is 2. The first kappa shape index (κ1) is 21.2. The Labute approximate surface area is 191 Å². The Morgan fingerprint density at radius 1 is 1.16 bits per heavy atom. The zero-order valence-corrected chi connectivity index (χ0v) is 18.4. The van der Waals surface area contributed by atoms with Crippen molar-refractivity contribution >= 4 is 62.2 Å². The molecule has 2 heterocycles. The number of ether oxygens (including phenoxy) is 2. The standard InChI is InChI=1S/C21H15Cl2N3O4S/c1-29-21(28)19-18(23)15-6-5-13(10-17(15)31-19)24-20(27)16-7-8-26(25-16)11-30-14-4-2-3-12(22)9-14/h2-10H,11H2,1H3,(H,24,27). The molecule has 0 aliphatic carbocycles. The van der Waals surface area contributed by atoms with Crippen molar-refractivity contribution in [2.45, 2.75) is 6.73 Å². The first-order chi connectivity index (χ1) is 14.9.